The fraction of sp³-hybridized carbons (Fsp3) is 0.436. The molecule has 0 amide bonds. The molecule has 3 N–H and O–H groups in total. The van der Waals surface area contributed by atoms with Gasteiger partial charge in [-0.3, -0.25) is 20.2 Å². The molecule has 16 nitrogen and oxygen atoms in total. The van der Waals surface area contributed by atoms with Crippen molar-refractivity contribution in [2.45, 2.75) is 38.4 Å². The Morgan fingerprint density at radius 2 is 1.25 bits per heavy atom. The van der Waals surface area contributed by atoms with Gasteiger partial charge in [-0.05, 0) is 51.0 Å². The van der Waals surface area contributed by atoms with Crippen molar-refractivity contribution < 1.29 is 28.8 Å². The molecule has 0 aliphatic carbocycles. The zero-order valence-corrected chi connectivity index (χ0v) is 31.1. The molecule has 3 saturated heterocycles. The number of ether oxygens (including phenoxy) is 5. The van der Waals surface area contributed by atoms with E-state index >= 15 is 0 Å². The minimum atomic E-state index is -0.937. The van der Waals surface area contributed by atoms with Crippen molar-refractivity contribution >= 4 is 33.4 Å². The summed E-state index contributed by atoms with van der Waals surface area (Å²) in [5.41, 5.74) is 3.71. The van der Waals surface area contributed by atoms with Crippen molar-refractivity contribution in [1.82, 2.24) is 40.3 Å². The lowest BCUT2D eigenvalue weighted by molar-refractivity contribution is 0.0290. The van der Waals surface area contributed by atoms with Crippen LogP contribution in [0.25, 0.3) is 44.6 Å². The summed E-state index contributed by atoms with van der Waals surface area (Å²) in [6.45, 7) is 10.9. The number of nitrogens with one attached hydrogen (secondary N) is 2. The summed E-state index contributed by atoms with van der Waals surface area (Å²) in [4.78, 5) is 23.3. The minimum absolute atomic E-state index is 0.156. The predicted molar refractivity (Wildman–Crippen MR) is 207 cm³/mol. The normalized spacial score (nSPS) is 17.7. The fourth-order valence-corrected chi connectivity index (χ4v) is 6.75. The maximum atomic E-state index is 10.1. The Balaban J connectivity index is 0.000000155. The van der Waals surface area contributed by atoms with Crippen molar-refractivity contribution in [3.05, 3.63) is 61.2 Å². The van der Waals surface area contributed by atoms with Crippen LogP contribution < -0.4 is 19.3 Å². The molecule has 55 heavy (non-hydrogen) atoms. The highest BCUT2D eigenvalue weighted by molar-refractivity contribution is 5.96. The third kappa shape index (κ3) is 8.62. The Hall–Kier alpha value is -5.42. The van der Waals surface area contributed by atoms with Crippen LogP contribution in [-0.4, -0.2) is 130 Å². The van der Waals surface area contributed by atoms with E-state index in [9.17, 15) is 5.11 Å². The zero-order valence-electron chi connectivity index (χ0n) is 31.1. The maximum Gasteiger partial charge on any atom is 0.133 e. The first-order valence-electron chi connectivity index (χ1n) is 18.7. The standard InChI is InChI=1S/C20H23N5O3.C19H23N5O3/c1-2-14(27-9-1)13-28-17-12-18(25-7-10-26-11-8-25)23-19-15(17)3-5-21-20(19)16-4-6-22-24-16;1-19(2,25)12-27-15-11-16(24-7-9-26-10-8-24)22-17-13(15)3-5-20-18(17)14-4-6-21-23-14/h3-6,12,14H,1-2,7-11,13H2,(H,22,24);3-6,11,25H,7-10,12H2,1-2H3,(H,21,23). The second-order valence-electron chi connectivity index (χ2n) is 14.3. The Morgan fingerprint density at radius 3 is 1.71 bits per heavy atom. The average molecular weight is 751 g/mol. The van der Waals surface area contributed by atoms with Gasteiger partial charge in [0.25, 0.3) is 0 Å². The van der Waals surface area contributed by atoms with E-state index in [4.69, 9.17) is 33.7 Å². The van der Waals surface area contributed by atoms with E-state index in [0.29, 0.717) is 44.5 Å². The van der Waals surface area contributed by atoms with E-state index in [2.05, 4.69) is 40.2 Å². The van der Waals surface area contributed by atoms with E-state index in [1.165, 1.54) is 0 Å². The number of hydrogen-bond donors (Lipinski definition) is 3. The fourth-order valence-electron chi connectivity index (χ4n) is 6.75. The number of H-pyrrole nitrogens is 2. The number of hydrogen-bond acceptors (Lipinski definition) is 14. The predicted octanol–water partition coefficient (Wildman–Crippen LogP) is 4.42. The first-order chi connectivity index (χ1) is 26.9. The van der Waals surface area contributed by atoms with Crippen LogP contribution in [0.5, 0.6) is 11.5 Å². The van der Waals surface area contributed by atoms with Gasteiger partial charge >= 0.3 is 0 Å². The Bertz CT molecular complexity index is 2160. The number of aliphatic hydroxyl groups is 1. The molecule has 0 bridgehead atoms. The van der Waals surface area contributed by atoms with Gasteiger partial charge < -0.3 is 38.6 Å². The van der Waals surface area contributed by atoms with Crippen LogP contribution in [0.4, 0.5) is 11.6 Å². The van der Waals surface area contributed by atoms with Crippen LogP contribution in [0.1, 0.15) is 26.7 Å². The van der Waals surface area contributed by atoms with Gasteiger partial charge in [0, 0.05) is 80.5 Å². The lowest BCUT2D eigenvalue weighted by Crippen LogP contribution is -2.36. The van der Waals surface area contributed by atoms with Crippen LogP contribution in [0.2, 0.25) is 0 Å². The molecule has 288 valence electrons. The highest BCUT2D eigenvalue weighted by Crippen LogP contribution is 2.36. The van der Waals surface area contributed by atoms with Gasteiger partial charge in [-0.2, -0.15) is 10.2 Å². The largest absolute Gasteiger partial charge is 0.490 e. The molecule has 3 aliphatic heterocycles. The van der Waals surface area contributed by atoms with Crippen LogP contribution in [-0.2, 0) is 14.2 Å². The highest BCUT2D eigenvalue weighted by atomic mass is 16.5. The summed E-state index contributed by atoms with van der Waals surface area (Å²) in [5.74, 6) is 3.18. The smallest absolute Gasteiger partial charge is 0.133 e. The second kappa shape index (κ2) is 16.5. The van der Waals surface area contributed by atoms with Gasteiger partial charge in [0.2, 0.25) is 0 Å². The number of morpholine rings is 2. The second-order valence-corrected chi connectivity index (χ2v) is 14.3. The zero-order chi connectivity index (χ0) is 37.6. The van der Waals surface area contributed by atoms with Crippen molar-refractivity contribution in [1.29, 1.82) is 0 Å². The first kappa shape index (κ1) is 36.6. The number of aromatic nitrogens is 8. The number of aromatic amines is 2. The first-order valence-corrected chi connectivity index (χ1v) is 18.7. The van der Waals surface area contributed by atoms with Crippen LogP contribution in [0.3, 0.4) is 0 Å². The molecule has 9 rings (SSSR count). The van der Waals surface area contributed by atoms with E-state index in [1.54, 1.807) is 38.6 Å². The summed E-state index contributed by atoms with van der Waals surface area (Å²) >= 11 is 0. The van der Waals surface area contributed by atoms with E-state index in [0.717, 1.165) is 102 Å². The number of fused-ring (bicyclic) bond motifs is 2. The molecule has 0 spiro atoms. The summed E-state index contributed by atoms with van der Waals surface area (Å²) in [5, 5.41) is 25.9. The van der Waals surface area contributed by atoms with Gasteiger partial charge in [0.1, 0.15) is 58.8 Å². The molecule has 6 aromatic rings. The monoisotopic (exact) mass is 750 g/mol. The van der Waals surface area contributed by atoms with E-state index in [1.807, 2.05) is 36.4 Å². The summed E-state index contributed by atoms with van der Waals surface area (Å²) in [6, 6.07) is 11.6. The molecule has 0 saturated carbocycles. The lowest BCUT2D eigenvalue weighted by atomic mass is 10.1. The summed E-state index contributed by atoms with van der Waals surface area (Å²) < 4.78 is 28.9. The number of nitrogens with zero attached hydrogens (tertiary/aromatic N) is 8. The quantitative estimate of drug-likeness (QED) is 0.179. The minimum Gasteiger partial charge on any atom is -0.490 e. The Labute approximate surface area is 318 Å². The van der Waals surface area contributed by atoms with E-state index in [-0.39, 0.29) is 12.7 Å². The van der Waals surface area contributed by atoms with Gasteiger partial charge in [0.05, 0.1) is 49.5 Å². The molecule has 3 aliphatic rings. The molecule has 6 aromatic heterocycles. The highest BCUT2D eigenvalue weighted by Gasteiger charge is 2.23. The van der Waals surface area contributed by atoms with Crippen LogP contribution in [0, 0.1) is 0 Å². The Kier molecular flexibility index (Phi) is 11.0. The maximum absolute atomic E-state index is 10.1. The van der Waals surface area contributed by atoms with Crippen molar-refractivity contribution in [3.63, 3.8) is 0 Å². The van der Waals surface area contributed by atoms with Gasteiger partial charge in [-0.15, -0.1) is 0 Å². The molecule has 3 fully saturated rings. The molecule has 0 radical (unpaired) electrons. The lowest BCUT2D eigenvalue weighted by Gasteiger charge is -2.29. The van der Waals surface area contributed by atoms with Gasteiger partial charge in [-0.25, -0.2) is 9.97 Å². The molecule has 16 heteroatoms. The molecular weight excluding hydrogens is 704 g/mol. The molecule has 9 heterocycles. The van der Waals surface area contributed by atoms with Crippen LogP contribution >= 0.6 is 0 Å². The van der Waals surface area contributed by atoms with Gasteiger partial charge in [-0.1, -0.05) is 0 Å². The molecule has 0 aromatic carbocycles. The molecule has 1 unspecified atom stereocenters. The van der Waals surface area contributed by atoms with E-state index < -0.39 is 5.60 Å². The summed E-state index contributed by atoms with van der Waals surface area (Å²) in [7, 11) is 0. The Morgan fingerprint density at radius 1 is 0.727 bits per heavy atom. The SMILES string of the molecule is CC(C)(O)COc1cc(N2CCOCC2)nc2c(-c3ccn[nH]3)nccc12.c1cc(-c2nccc3c(OCC4CCCO4)cc(N4CCOCC4)nc23)[nH]n1. The topological polar surface area (TPSA) is 182 Å². The van der Waals surface area contributed by atoms with Gasteiger partial charge in [0.15, 0.2) is 0 Å². The number of rotatable bonds is 10. The van der Waals surface area contributed by atoms with Crippen molar-refractivity contribution in [3.8, 4) is 34.3 Å². The van der Waals surface area contributed by atoms with Crippen molar-refractivity contribution in [2.75, 3.05) is 82.2 Å². The third-order valence-corrected chi connectivity index (χ3v) is 9.56. The average Bonchev–Trinajstić information content (AvgIpc) is 4.05. The molecule has 1 atom stereocenters. The summed E-state index contributed by atoms with van der Waals surface area (Å²) in [6.07, 6.45) is 9.21. The van der Waals surface area contributed by atoms with Crippen LogP contribution in [0.15, 0.2) is 61.2 Å². The third-order valence-electron chi connectivity index (χ3n) is 9.56. The number of anilines is 2. The number of pyridine rings is 4. The van der Waals surface area contributed by atoms with Crippen molar-refractivity contribution in [2.24, 2.45) is 0 Å². The molecular formula is C39H46N10O6.